The smallest absolute Gasteiger partial charge is 0.258 e. The van der Waals surface area contributed by atoms with Gasteiger partial charge in [-0.25, -0.2) is 0 Å². The fourth-order valence-electron chi connectivity index (χ4n) is 1.76. The first kappa shape index (κ1) is 11.7. The summed E-state index contributed by atoms with van der Waals surface area (Å²) in [5.74, 6) is 0.756. The molecular weight excluding hydrogens is 218 g/mol. The van der Waals surface area contributed by atoms with Crippen LogP contribution in [0.2, 0.25) is 0 Å². The van der Waals surface area contributed by atoms with Gasteiger partial charge < -0.3 is 14.0 Å². The monoisotopic (exact) mass is 233 g/mol. The van der Waals surface area contributed by atoms with E-state index in [9.17, 15) is 4.79 Å². The maximum absolute atomic E-state index is 12.1. The van der Waals surface area contributed by atoms with Crippen LogP contribution in [0.4, 0.5) is 0 Å². The maximum atomic E-state index is 12.1. The third-order valence-corrected chi connectivity index (χ3v) is 2.72. The summed E-state index contributed by atoms with van der Waals surface area (Å²) in [7, 11) is 3.23. The van der Waals surface area contributed by atoms with Crippen molar-refractivity contribution in [2.24, 2.45) is 0 Å². The van der Waals surface area contributed by atoms with Crippen LogP contribution in [0, 0.1) is 0 Å². The lowest BCUT2D eigenvalue weighted by atomic mass is 10.1. The van der Waals surface area contributed by atoms with Gasteiger partial charge in [0, 0.05) is 25.2 Å². The number of pyridine rings is 1. The van der Waals surface area contributed by atoms with E-state index in [1.54, 1.807) is 37.1 Å². The van der Waals surface area contributed by atoms with Crippen molar-refractivity contribution in [2.75, 3.05) is 20.8 Å². The summed E-state index contributed by atoms with van der Waals surface area (Å²) < 4.78 is 11.7. The number of hydrogen-bond acceptors (Lipinski definition) is 3. The zero-order valence-electron chi connectivity index (χ0n) is 9.97. The number of aromatic nitrogens is 1. The van der Waals surface area contributed by atoms with Crippen LogP contribution in [0.3, 0.4) is 0 Å². The SMILES string of the molecule is COCCn1ccc2cc(OC)ccc2c1=O. The molecule has 1 heterocycles. The molecule has 0 unspecified atom stereocenters. The normalized spacial score (nSPS) is 10.7. The van der Waals surface area contributed by atoms with Crippen molar-refractivity contribution >= 4 is 10.8 Å². The molecule has 1 aromatic carbocycles. The van der Waals surface area contributed by atoms with E-state index < -0.39 is 0 Å². The second kappa shape index (κ2) is 5.01. The topological polar surface area (TPSA) is 40.5 Å². The van der Waals surface area contributed by atoms with Crippen molar-refractivity contribution < 1.29 is 9.47 Å². The molecule has 4 nitrogen and oxygen atoms in total. The van der Waals surface area contributed by atoms with Gasteiger partial charge in [-0.05, 0) is 29.7 Å². The first-order chi connectivity index (χ1) is 8.26. The van der Waals surface area contributed by atoms with E-state index in [1.807, 2.05) is 12.1 Å². The lowest BCUT2D eigenvalue weighted by Crippen LogP contribution is -2.21. The molecule has 90 valence electrons. The van der Waals surface area contributed by atoms with Crippen LogP contribution in [-0.2, 0) is 11.3 Å². The van der Waals surface area contributed by atoms with Crippen LogP contribution in [0.1, 0.15) is 0 Å². The molecule has 0 spiro atoms. The molecule has 0 aliphatic rings. The standard InChI is InChI=1S/C13H15NO3/c1-16-8-7-14-6-5-10-9-11(17-2)3-4-12(10)13(14)15/h3-6,9H,7-8H2,1-2H3. The van der Waals surface area contributed by atoms with E-state index in [0.717, 1.165) is 11.1 Å². The van der Waals surface area contributed by atoms with Gasteiger partial charge in [0.1, 0.15) is 5.75 Å². The number of hydrogen-bond donors (Lipinski definition) is 0. The number of fused-ring (bicyclic) bond motifs is 1. The number of benzene rings is 1. The van der Waals surface area contributed by atoms with Crippen LogP contribution in [0.5, 0.6) is 5.75 Å². The Morgan fingerprint density at radius 2 is 2.06 bits per heavy atom. The Morgan fingerprint density at radius 3 is 2.76 bits per heavy atom. The Morgan fingerprint density at radius 1 is 1.24 bits per heavy atom. The van der Waals surface area contributed by atoms with Crippen molar-refractivity contribution in [1.82, 2.24) is 4.57 Å². The van der Waals surface area contributed by atoms with E-state index in [1.165, 1.54) is 0 Å². The summed E-state index contributed by atoms with van der Waals surface area (Å²) in [5.41, 5.74) is 0.00204. The molecule has 0 aliphatic carbocycles. The van der Waals surface area contributed by atoms with Gasteiger partial charge in [0.2, 0.25) is 0 Å². The van der Waals surface area contributed by atoms with Gasteiger partial charge in [-0.15, -0.1) is 0 Å². The second-order valence-corrected chi connectivity index (χ2v) is 3.76. The summed E-state index contributed by atoms with van der Waals surface area (Å²) in [6.45, 7) is 1.10. The minimum Gasteiger partial charge on any atom is -0.497 e. The highest BCUT2D eigenvalue weighted by atomic mass is 16.5. The summed E-state index contributed by atoms with van der Waals surface area (Å²) in [4.78, 5) is 12.1. The molecule has 0 amide bonds. The van der Waals surface area contributed by atoms with E-state index in [-0.39, 0.29) is 5.56 Å². The van der Waals surface area contributed by atoms with Gasteiger partial charge in [-0.2, -0.15) is 0 Å². The Balaban J connectivity index is 2.49. The van der Waals surface area contributed by atoms with E-state index in [0.29, 0.717) is 18.5 Å². The number of ether oxygens (including phenoxy) is 2. The fraction of sp³-hybridized carbons (Fsp3) is 0.308. The van der Waals surface area contributed by atoms with Gasteiger partial charge in [0.25, 0.3) is 5.56 Å². The van der Waals surface area contributed by atoms with Gasteiger partial charge in [-0.3, -0.25) is 4.79 Å². The summed E-state index contributed by atoms with van der Waals surface area (Å²) in [6.07, 6.45) is 1.78. The highest BCUT2D eigenvalue weighted by Gasteiger charge is 2.03. The summed E-state index contributed by atoms with van der Waals surface area (Å²) >= 11 is 0. The van der Waals surface area contributed by atoms with Crippen LogP contribution >= 0.6 is 0 Å². The molecule has 0 N–H and O–H groups in total. The van der Waals surface area contributed by atoms with Crippen LogP contribution in [0.15, 0.2) is 35.3 Å². The maximum Gasteiger partial charge on any atom is 0.258 e. The lowest BCUT2D eigenvalue weighted by molar-refractivity contribution is 0.186. The minimum atomic E-state index is 0.00204. The first-order valence-corrected chi connectivity index (χ1v) is 5.42. The highest BCUT2D eigenvalue weighted by Crippen LogP contribution is 2.17. The van der Waals surface area contributed by atoms with Crippen molar-refractivity contribution in [2.45, 2.75) is 6.54 Å². The summed E-state index contributed by atoms with van der Waals surface area (Å²) in [5, 5.41) is 1.59. The largest absolute Gasteiger partial charge is 0.497 e. The van der Waals surface area contributed by atoms with Gasteiger partial charge in [0.05, 0.1) is 13.7 Å². The molecule has 0 saturated heterocycles. The van der Waals surface area contributed by atoms with Crippen molar-refractivity contribution in [1.29, 1.82) is 0 Å². The predicted molar refractivity (Wildman–Crippen MR) is 66.6 cm³/mol. The zero-order valence-corrected chi connectivity index (χ0v) is 9.97. The molecule has 2 aromatic rings. The zero-order chi connectivity index (χ0) is 12.3. The van der Waals surface area contributed by atoms with E-state index >= 15 is 0 Å². The quantitative estimate of drug-likeness (QED) is 0.806. The minimum absolute atomic E-state index is 0.00204. The lowest BCUT2D eigenvalue weighted by Gasteiger charge is -2.07. The van der Waals surface area contributed by atoms with Gasteiger partial charge in [0.15, 0.2) is 0 Å². The molecule has 0 bridgehead atoms. The molecule has 17 heavy (non-hydrogen) atoms. The molecular formula is C13H15NO3. The first-order valence-electron chi connectivity index (χ1n) is 5.42. The molecule has 0 saturated carbocycles. The Kier molecular flexibility index (Phi) is 3.44. The average Bonchev–Trinajstić information content (AvgIpc) is 2.37. The molecule has 0 fully saturated rings. The van der Waals surface area contributed by atoms with Crippen LogP contribution < -0.4 is 10.3 Å². The van der Waals surface area contributed by atoms with E-state index in [4.69, 9.17) is 9.47 Å². The van der Waals surface area contributed by atoms with Crippen molar-refractivity contribution in [3.63, 3.8) is 0 Å². The molecule has 0 radical (unpaired) electrons. The predicted octanol–water partition coefficient (Wildman–Crippen LogP) is 1.66. The van der Waals surface area contributed by atoms with Crippen LogP contribution in [0.25, 0.3) is 10.8 Å². The van der Waals surface area contributed by atoms with Gasteiger partial charge in [-0.1, -0.05) is 0 Å². The Labute approximate surface area is 99.4 Å². The number of rotatable bonds is 4. The van der Waals surface area contributed by atoms with Gasteiger partial charge >= 0.3 is 0 Å². The molecule has 4 heteroatoms. The Bertz CT molecular complexity index is 574. The van der Waals surface area contributed by atoms with Crippen molar-refractivity contribution in [3.8, 4) is 5.75 Å². The molecule has 1 aromatic heterocycles. The third-order valence-electron chi connectivity index (χ3n) is 2.72. The molecule has 2 rings (SSSR count). The number of nitrogens with zero attached hydrogens (tertiary/aromatic N) is 1. The third kappa shape index (κ3) is 2.31. The Hall–Kier alpha value is -1.81. The average molecular weight is 233 g/mol. The van der Waals surface area contributed by atoms with Crippen LogP contribution in [-0.4, -0.2) is 25.4 Å². The fourth-order valence-corrected chi connectivity index (χ4v) is 1.76. The highest BCUT2D eigenvalue weighted by molar-refractivity contribution is 5.82. The summed E-state index contributed by atoms with van der Waals surface area (Å²) in [6, 6.07) is 7.36. The number of methoxy groups -OCH3 is 2. The molecule has 0 atom stereocenters. The second-order valence-electron chi connectivity index (χ2n) is 3.76. The molecule has 0 aliphatic heterocycles. The van der Waals surface area contributed by atoms with E-state index in [2.05, 4.69) is 0 Å². The van der Waals surface area contributed by atoms with Crippen molar-refractivity contribution in [3.05, 3.63) is 40.8 Å².